The number of benzene rings is 1. The van der Waals surface area contributed by atoms with Gasteiger partial charge >= 0.3 is 0 Å². The number of aryl methyl sites for hydroxylation is 1. The van der Waals surface area contributed by atoms with Gasteiger partial charge in [-0.1, -0.05) is 42.5 Å². The molecule has 0 spiro atoms. The number of hydrogen-bond donors (Lipinski definition) is 0. The molecular weight excluding hydrogens is 416 g/mol. The average molecular weight is 430 g/mol. The summed E-state index contributed by atoms with van der Waals surface area (Å²) in [5.41, 5.74) is 5.22. The van der Waals surface area contributed by atoms with Gasteiger partial charge in [0, 0.05) is 28.0 Å². The molecule has 0 aliphatic heterocycles. The number of rotatable bonds is 3. The Bertz CT molecular complexity index is 858. The second kappa shape index (κ2) is 7.20. The molecular formula is C19H14Br2N2. The number of halogens is 2. The molecule has 0 amide bonds. The zero-order valence-electron chi connectivity index (χ0n) is 12.5. The van der Waals surface area contributed by atoms with Crippen LogP contribution in [-0.2, 0) is 0 Å². The fourth-order valence-electron chi connectivity index (χ4n) is 2.26. The summed E-state index contributed by atoms with van der Waals surface area (Å²) in [5, 5.41) is 0. The molecule has 2 aromatic heterocycles. The van der Waals surface area contributed by atoms with Crippen molar-refractivity contribution in [3.05, 3.63) is 80.6 Å². The van der Waals surface area contributed by atoms with Crippen molar-refractivity contribution in [2.75, 3.05) is 0 Å². The van der Waals surface area contributed by atoms with Crippen molar-refractivity contribution < 1.29 is 0 Å². The summed E-state index contributed by atoms with van der Waals surface area (Å²) in [6, 6.07) is 14.4. The van der Waals surface area contributed by atoms with Gasteiger partial charge < -0.3 is 0 Å². The van der Waals surface area contributed by atoms with E-state index < -0.39 is 0 Å². The molecule has 0 atom stereocenters. The number of pyridine rings is 2. The lowest BCUT2D eigenvalue weighted by Gasteiger charge is -2.07. The van der Waals surface area contributed by atoms with E-state index in [1.807, 2.05) is 37.5 Å². The van der Waals surface area contributed by atoms with Crippen LogP contribution in [0.25, 0.3) is 23.4 Å². The van der Waals surface area contributed by atoms with Crippen LogP contribution in [0.1, 0.15) is 16.7 Å². The van der Waals surface area contributed by atoms with Crippen molar-refractivity contribution in [3.8, 4) is 11.3 Å². The second-order valence-electron chi connectivity index (χ2n) is 5.17. The number of nitrogens with zero attached hydrogens (tertiary/aromatic N) is 2. The van der Waals surface area contributed by atoms with Gasteiger partial charge in [-0.05, 0) is 62.0 Å². The lowest BCUT2D eigenvalue weighted by Crippen LogP contribution is -1.91. The van der Waals surface area contributed by atoms with Gasteiger partial charge in [-0.3, -0.25) is 4.98 Å². The van der Waals surface area contributed by atoms with Crippen LogP contribution in [0.5, 0.6) is 0 Å². The standard InChI is InChI=1S/C19H14Br2N2/c1-13-9-16(11-23-19(13)21)18-15(10-17(20)12-22-18)8-7-14-5-3-2-4-6-14/h2-12H,1H3/b8-7+. The van der Waals surface area contributed by atoms with Crippen molar-refractivity contribution in [2.24, 2.45) is 0 Å². The minimum Gasteiger partial charge on any atom is -0.254 e. The largest absolute Gasteiger partial charge is 0.254 e. The first-order valence-corrected chi connectivity index (χ1v) is 8.73. The molecule has 0 saturated carbocycles. The van der Waals surface area contributed by atoms with Crippen LogP contribution in [0.4, 0.5) is 0 Å². The molecule has 0 saturated heterocycles. The molecule has 3 aromatic rings. The molecule has 0 bridgehead atoms. The normalized spacial score (nSPS) is 11.1. The van der Waals surface area contributed by atoms with Crippen molar-refractivity contribution >= 4 is 44.0 Å². The Morgan fingerprint density at radius 3 is 2.43 bits per heavy atom. The van der Waals surface area contributed by atoms with Crippen molar-refractivity contribution in [3.63, 3.8) is 0 Å². The molecule has 0 fully saturated rings. The first-order valence-electron chi connectivity index (χ1n) is 7.14. The number of hydrogen-bond acceptors (Lipinski definition) is 2. The highest BCUT2D eigenvalue weighted by molar-refractivity contribution is 9.10. The van der Waals surface area contributed by atoms with Gasteiger partial charge in [-0.15, -0.1) is 0 Å². The topological polar surface area (TPSA) is 25.8 Å². The van der Waals surface area contributed by atoms with Gasteiger partial charge in [0.1, 0.15) is 4.60 Å². The van der Waals surface area contributed by atoms with Crippen LogP contribution >= 0.6 is 31.9 Å². The molecule has 1 aromatic carbocycles. The molecule has 4 heteroatoms. The summed E-state index contributed by atoms with van der Waals surface area (Å²) in [4.78, 5) is 8.96. The van der Waals surface area contributed by atoms with Gasteiger partial charge in [0.25, 0.3) is 0 Å². The van der Waals surface area contributed by atoms with E-state index in [4.69, 9.17) is 0 Å². The van der Waals surface area contributed by atoms with E-state index in [0.29, 0.717) is 0 Å². The van der Waals surface area contributed by atoms with Crippen LogP contribution in [-0.4, -0.2) is 9.97 Å². The summed E-state index contributed by atoms with van der Waals surface area (Å²) >= 11 is 6.94. The van der Waals surface area contributed by atoms with E-state index in [1.54, 1.807) is 0 Å². The van der Waals surface area contributed by atoms with E-state index >= 15 is 0 Å². The first kappa shape index (κ1) is 16.1. The average Bonchev–Trinajstić information content (AvgIpc) is 2.57. The Balaban J connectivity index is 2.04. The van der Waals surface area contributed by atoms with Gasteiger partial charge in [0.05, 0.1) is 5.69 Å². The SMILES string of the molecule is Cc1cc(-c2ncc(Br)cc2/C=C/c2ccccc2)cnc1Br. The summed E-state index contributed by atoms with van der Waals surface area (Å²) in [6.07, 6.45) is 7.83. The minimum atomic E-state index is 0.861. The third-order valence-corrected chi connectivity index (χ3v) is 4.69. The Morgan fingerprint density at radius 2 is 1.70 bits per heavy atom. The highest BCUT2D eigenvalue weighted by Gasteiger charge is 2.08. The summed E-state index contributed by atoms with van der Waals surface area (Å²) < 4.78 is 1.82. The Hall–Kier alpha value is -1.78. The van der Waals surface area contributed by atoms with Gasteiger partial charge in [0.2, 0.25) is 0 Å². The molecule has 2 heterocycles. The minimum absolute atomic E-state index is 0.861. The molecule has 0 N–H and O–H groups in total. The predicted molar refractivity (Wildman–Crippen MR) is 103 cm³/mol. The van der Waals surface area contributed by atoms with E-state index in [2.05, 4.69) is 78.2 Å². The zero-order chi connectivity index (χ0) is 16.2. The van der Waals surface area contributed by atoms with E-state index in [-0.39, 0.29) is 0 Å². The van der Waals surface area contributed by atoms with Gasteiger partial charge in [-0.25, -0.2) is 4.98 Å². The lowest BCUT2D eigenvalue weighted by atomic mass is 10.0. The maximum absolute atomic E-state index is 4.58. The summed E-state index contributed by atoms with van der Waals surface area (Å²) in [6.45, 7) is 2.03. The van der Waals surface area contributed by atoms with E-state index in [9.17, 15) is 0 Å². The molecule has 0 aliphatic rings. The molecule has 0 unspecified atom stereocenters. The summed E-state index contributed by atoms with van der Waals surface area (Å²) in [5.74, 6) is 0. The van der Waals surface area contributed by atoms with E-state index in [0.717, 1.165) is 37.0 Å². The third-order valence-electron chi connectivity index (χ3n) is 3.43. The summed E-state index contributed by atoms with van der Waals surface area (Å²) in [7, 11) is 0. The highest BCUT2D eigenvalue weighted by atomic mass is 79.9. The Morgan fingerprint density at radius 1 is 0.913 bits per heavy atom. The molecule has 0 aliphatic carbocycles. The molecule has 3 rings (SSSR count). The van der Waals surface area contributed by atoms with Crippen molar-refractivity contribution in [2.45, 2.75) is 6.92 Å². The lowest BCUT2D eigenvalue weighted by molar-refractivity contribution is 1.20. The van der Waals surface area contributed by atoms with Crippen molar-refractivity contribution in [1.29, 1.82) is 0 Å². The smallest absolute Gasteiger partial charge is 0.109 e. The van der Waals surface area contributed by atoms with E-state index in [1.165, 1.54) is 0 Å². The van der Waals surface area contributed by atoms with Crippen LogP contribution in [0.15, 0.2) is 63.9 Å². The van der Waals surface area contributed by atoms with Gasteiger partial charge in [-0.2, -0.15) is 0 Å². The monoisotopic (exact) mass is 428 g/mol. The Labute approximate surface area is 152 Å². The maximum Gasteiger partial charge on any atom is 0.109 e. The molecule has 0 radical (unpaired) electrons. The third kappa shape index (κ3) is 3.95. The molecule has 23 heavy (non-hydrogen) atoms. The fourth-order valence-corrected chi connectivity index (χ4v) is 2.83. The first-order chi connectivity index (χ1) is 11.1. The van der Waals surface area contributed by atoms with Crippen LogP contribution in [0.2, 0.25) is 0 Å². The quantitative estimate of drug-likeness (QED) is 0.466. The van der Waals surface area contributed by atoms with Crippen LogP contribution < -0.4 is 0 Å². The molecule has 114 valence electrons. The highest BCUT2D eigenvalue weighted by Crippen LogP contribution is 2.27. The van der Waals surface area contributed by atoms with Crippen molar-refractivity contribution in [1.82, 2.24) is 9.97 Å². The maximum atomic E-state index is 4.58. The fraction of sp³-hybridized carbons (Fsp3) is 0.0526. The Kier molecular flexibility index (Phi) is 5.03. The number of aromatic nitrogens is 2. The predicted octanol–water partition coefficient (Wildman–Crippen LogP) is 6.15. The molecule has 2 nitrogen and oxygen atoms in total. The van der Waals surface area contributed by atoms with Gasteiger partial charge in [0.15, 0.2) is 0 Å². The second-order valence-corrected chi connectivity index (χ2v) is 6.83. The van der Waals surface area contributed by atoms with Crippen LogP contribution in [0, 0.1) is 6.92 Å². The zero-order valence-corrected chi connectivity index (χ0v) is 15.7. The van der Waals surface area contributed by atoms with Crippen LogP contribution in [0.3, 0.4) is 0 Å².